The molecule has 0 aliphatic heterocycles. The van der Waals surface area contributed by atoms with Crippen LogP contribution in [0.15, 0.2) is 82.1 Å². The van der Waals surface area contributed by atoms with Gasteiger partial charge in [-0.15, -0.1) is 0 Å². The molecule has 0 saturated carbocycles. The Kier molecular flexibility index (Phi) is 3.99. The number of nitrogens with one attached hydrogen (secondary N) is 1. The number of aromatic nitrogens is 3. The first-order chi connectivity index (χ1) is 17.1. The van der Waals surface area contributed by atoms with Crippen molar-refractivity contribution in [2.45, 2.75) is 6.61 Å². The maximum Gasteiger partial charge on any atom is 0.262 e. The van der Waals surface area contributed by atoms with Crippen molar-refractivity contribution in [2.24, 2.45) is 7.05 Å². The largest absolute Gasteiger partial charge is 0.494 e. The molecule has 35 heavy (non-hydrogen) atoms. The van der Waals surface area contributed by atoms with E-state index in [1.807, 2.05) is 66.7 Å². The molecule has 0 bridgehead atoms. The highest BCUT2D eigenvalue weighted by atomic mass is 16.5. The second-order valence-electron chi connectivity index (χ2n) is 8.67. The Morgan fingerprint density at radius 2 is 1.83 bits per heavy atom. The smallest absolute Gasteiger partial charge is 0.262 e. The van der Waals surface area contributed by atoms with Gasteiger partial charge in [-0.3, -0.25) is 9.36 Å². The lowest BCUT2D eigenvalue weighted by Crippen LogP contribution is -2.09. The predicted octanol–water partition coefficient (Wildman–Crippen LogP) is 5.75. The van der Waals surface area contributed by atoms with Crippen LogP contribution in [0.1, 0.15) is 5.56 Å². The highest BCUT2D eigenvalue weighted by molar-refractivity contribution is 6.26. The molecule has 0 saturated heterocycles. The number of rotatable bonds is 3. The van der Waals surface area contributed by atoms with E-state index in [-0.39, 0.29) is 11.4 Å². The van der Waals surface area contributed by atoms with Crippen molar-refractivity contribution in [3.05, 3.63) is 88.8 Å². The van der Waals surface area contributed by atoms with Gasteiger partial charge in [-0.05, 0) is 29.8 Å². The molecule has 0 aliphatic carbocycles. The fraction of sp³-hybridized carbons (Fsp3) is 0.0714. The molecule has 0 unspecified atom stereocenters. The number of H-pyrrole nitrogens is 1. The van der Waals surface area contributed by atoms with Crippen molar-refractivity contribution in [3.63, 3.8) is 0 Å². The molecule has 7 heteroatoms. The quantitative estimate of drug-likeness (QED) is 0.349. The summed E-state index contributed by atoms with van der Waals surface area (Å²) >= 11 is 0. The minimum atomic E-state index is -0.310. The maximum atomic E-state index is 13.4. The first kappa shape index (κ1) is 19.7. The Morgan fingerprint density at radius 1 is 0.971 bits per heavy atom. The van der Waals surface area contributed by atoms with Gasteiger partial charge in [0.05, 0.1) is 27.1 Å². The zero-order valence-electron chi connectivity index (χ0n) is 18.7. The van der Waals surface area contributed by atoms with Gasteiger partial charge in [0.1, 0.15) is 17.9 Å². The molecule has 7 rings (SSSR count). The summed E-state index contributed by atoms with van der Waals surface area (Å²) in [6, 6.07) is 21.2. The second-order valence-corrected chi connectivity index (χ2v) is 8.67. The molecule has 0 aliphatic rings. The summed E-state index contributed by atoms with van der Waals surface area (Å²) in [7, 11) is 1.56. The number of fused-ring (bicyclic) bond motifs is 6. The zero-order valence-corrected chi connectivity index (χ0v) is 18.7. The number of hydrogen-bond donors (Lipinski definition) is 2. The minimum absolute atomic E-state index is 0.0919. The third kappa shape index (κ3) is 2.78. The molecule has 7 nitrogen and oxygen atoms in total. The highest BCUT2D eigenvalue weighted by Gasteiger charge is 2.22. The van der Waals surface area contributed by atoms with E-state index in [1.165, 1.54) is 4.57 Å². The molecule has 0 fully saturated rings. The molecule has 3 aromatic carbocycles. The lowest BCUT2D eigenvalue weighted by molar-refractivity contribution is 0.306. The molecular weight excluding hydrogens is 442 g/mol. The van der Waals surface area contributed by atoms with Crippen molar-refractivity contribution >= 4 is 54.6 Å². The van der Waals surface area contributed by atoms with E-state index in [2.05, 4.69) is 4.98 Å². The summed E-state index contributed by atoms with van der Waals surface area (Å²) in [5.74, 6) is 0.574. The van der Waals surface area contributed by atoms with Crippen LogP contribution in [0, 0.1) is 0 Å². The number of hydrogen-bond acceptors (Lipinski definition) is 5. The topological polar surface area (TPSA) is 93.3 Å². The first-order valence-corrected chi connectivity index (χ1v) is 11.2. The fourth-order valence-corrected chi connectivity index (χ4v) is 4.92. The van der Waals surface area contributed by atoms with Gasteiger partial charge in [-0.25, -0.2) is 4.98 Å². The summed E-state index contributed by atoms with van der Waals surface area (Å²) in [4.78, 5) is 21.3. The summed E-state index contributed by atoms with van der Waals surface area (Å²) in [5, 5.41) is 14.7. The van der Waals surface area contributed by atoms with Gasteiger partial charge in [0.25, 0.3) is 5.56 Å². The summed E-state index contributed by atoms with van der Waals surface area (Å²) in [5.41, 5.74) is 3.17. The van der Waals surface area contributed by atoms with E-state index in [9.17, 15) is 9.90 Å². The lowest BCUT2D eigenvalue weighted by Gasteiger charge is -2.06. The third-order valence-corrected chi connectivity index (χ3v) is 6.63. The fourth-order valence-electron chi connectivity index (χ4n) is 4.92. The third-order valence-electron chi connectivity index (χ3n) is 6.63. The van der Waals surface area contributed by atoms with Crippen molar-refractivity contribution in [1.29, 1.82) is 0 Å². The van der Waals surface area contributed by atoms with Crippen molar-refractivity contribution in [1.82, 2.24) is 14.5 Å². The zero-order chi connectivity index (χ0) is 23.7. The Bertz CT molecular complexity index is 2000. The van der Waals surface area contributed by atoms with Gasteiger partial charge in [0.15, 0.2) is 0 Å². The van der Waals surface area contributed by atoms with Crippen molar-refractivity contribution in [2.75, 3.05) is 0 Å². The van der Waals surface area contributed by atoms with Crippen molar-refractivity contribution in [3.8, 4) is 11.6 Å². The maximum absolute atomic E-state index is 13.4. The lowest BCUT2D eigenvalue weighted by atomic mass is 10.1. The standard InChI is InChI=1S/C28H19N3O4/c1-31-27(32)24-18-13-29-19-8-5-9-21(22(18)19)35-26-23(25(24)28(31)33)17-11-10-16(12-20(17)30-26)34-14-15-6-3-2-4-7-15/h2-13,29,32H,14H2,1H3. The van der Waals surface area contributed by atoms with E-state index in [4.69, 9.17) is 14.1 Å². The Balaban J connectivity index is 1.56. The van der Waals surface area contributed by atoms with Gasteiger partial charge in [0.2, 0.25) is 11.6 Å². The molecule has 170 valence electrons. The average Bonchev–Trinajstić information content (AvgIpc) is 3.51. The molecule has 7 aromatic rings. The number of aromatic amines is 1. The SMILES string of the molecule is Cn1c(O)c2c3c[nH]c4cccc(oc5nc6cc(OCc7ccccc7)ccc6c5c2c1=O)c43. The van der Waals surface area contributed by atoms with Gasteiger partial charge < -0.3 is 19.2 Å². The molecule has 4 aromatic heterocycles. The number of ether oxygens (including phenoxy) is 1. The average molecular weight is 461 g/mol. The molecule has 2 N–H and O–H groups in total. The molecule has 4 heterocycles. The van der Waals surface area contributed by atoms with Crippen LogP contribution >= 0.6 is 0 Å². The van der Waals surface area contributed by atoms with Crippen LogP contribution in [0.3, 0.4) is 0 Å². The van der Waals surface area contributed by atoms with Crippen LogP contribution in [-0.4, -0.2) is 19.6 Å². The van der Waals surface area contributed by atoms with E-state index >= 15 is 0 Å². The van der Waals surface area contributed by atoms with Crippen LogP contribution in [0.2, 0.25) is 0 Å². The number of benzene rings is 3. The summed E-state index contributed by atoms with van der Waals surface area (Å²) in [6.45, 7) is 0.433. The normalized spacial score (nSPS) is 11.9. The monoisotopic (exact) mass is 461 g/mol. The summed E-state index contributed by atoms with van der Waals surface area (Å²) in [6.07, 6.45) is 1.80. The van der Waals surface area contributed by atoms with Crippen LogP contribution in [0.5, 0.6) is 11.6 Å². The molecule has 0 radical (unpaired) electrons. The first-order valence-electron chi connectivity index (χ1n) is 11.2. The van der Waals surface area contributed by atoms with Crippen molar-refractivity contribution < 1.29 is 14.3 Å². The highest BCUT2D eigenvalue weighted by Crippen LogP contribution is 2.40. The van der Waals surface area contributed by atoms with Crippen LogP contribution in [0.25, 0.3) is 54.6 Å². The van der Waals surface area contributed by atoms with Gasteiger partial charge in [0, 0.05) is 35.6 Å². The molecule has 0 amide bonds. The molecule has 0 atom stereocenters. The number of aromatic hydroxyl groups is 1. The van der Waals surface area contributed by atoms with Crippen LogP contribution in [0.4, 0.5) is 0 Å². The van der Waals surface area contributed by atoms with E-state index in [0.717, 1.165) is 21.9 Å². The Labute approximate surface area is 197 Å². The van der Waals surface area contributed by atoms with Crippen LogP contribution in [-0.2, 0) is 13.7 Å². The predicted molar refractivity (Wildman–Crippen MR) is 136 cm³/mol. The van der Waals surface area contributed by atoms with E-state index < -0.39 is 0 Å². The number of nitrogens with zero attached hydrogens (tertiary/aromatic N) is 2. The Morgan fingerprint density at radius 3 is 2.69 bits per heavy atom. The molecule has 0 spiro atoms. The van der Waals surface area contributed by atoms with Gasteiger partial charge in [-0.1, -0.05) is 36.4 Å². The van der Waals surface area contributed by atoms with Crippen LogP contribution < -0.4 is 10.3 Å². The second kappa shape index (κ2) is 7.11. The minimum Gasteiger partial charge on any atom is -0.494 e. The Hall–Kier alpha value is -4.78. The molecular formula is C28H19N3O4. The van der Waals surface area contributed by atoms with Gasteiger partial charge >= 0.3 is 0 Å². The van der Waals surface area contributed by atoms with Gasteiger partial charge in [-0.2, -0.15) is 0 Å². The van der Waals surface area contributed by atoms with E-state index in [1.54, 1.807) is 13.2 Å². The summed E-state index contributed by atoms with van der Waals surface area (Å²) < 4.78 is 13.6. The van der Waals surface area contributed by atoms with E-state index in [0.29, 0.717) is 50.7 Å².